The molecule has 0 radical (unpaired) electrons. The second kappa shape index (κ2) is 11.7. The number of ether oxygens (including phenoxy) is 1. The number of amides is 1. The lowest BCUT2D eigenvalue weighted by Crippen LogP contribution is -2.21. The van der Waals surface area contributed by atoms with Crippen molar-refractivity contribution in [2.45, 2.75) is 8.42 Å². The van der Waals surface area contributed by atoms with E-state index in [9.17, 15) is 26.4 Å². The van der Waals surface area contributed by atoms with Gasteiger partial charge >= 0.3 is 5.97 Å². The molecule has 41 heavy (non-hydrogen) atoms. The van der Waals surface area contributed by atoms with Gasteiger partial charge in [0.15, 0.2) is 6.61 Å². The molecule has 0 saturated carbocycles. The maximum atomic E-state index is 12.9. The lowest BCUT2D eigenvalue weighted by atomic mass is 10.1. The van der Waals surface area contributed by atoms with Crippen LogP contribution in [0.15, 0.2) is 104 Å². The highest BCUT2D eigenvalue weighted by molar-refractivity contribution is 7.95. The van der Waals surface area contributed by atoms with Crippen LogP contribution in [-0.4, -0.2) is 35.3 Å². The number of rotatable bonds is 10. The fourth-order valence-electron chi connectivity index (χ4n) is 3.79. The molecule has 5 aromatic rings. The predicted molar refractivity (Wildman–Crippen MR) is 160 cm³/mol. The number of sulfonamides is 2. The number of fused-ring (bicyclic) bond motifs is 1. The topological polar surface area (TPSA) is 148 Å². The van der Waals surface area contributed by atoms with Gasteiger partial charge in [0.25, 0.3) is 26.0 Å². The quantitative estimate of drug-likeness (QED) is 0.177. The normalized spacial score (nSPS) is 11.6. The third-order valence-electron chi connectivity index (χ3n) is 5.56. The first-order chi connectivity index (χ1) is 19.6. The van der Waals surface area contributed by atoms with Crippen LogP contribution in [0.2, 0.25) is 0 Å². The molecule has 0 spiro atoms. The lowest BCUT2D eigenvalue weighted by molar-refractivity contribution is -0.119. The summed E-state index contributed by atoms with van der Waals surface area (Å²) in [6, 6.07) is 22.5. The van der Waals surface area contributed by atoms with Gasteiger partial charge in [-0.1, -0.05) is 42.5 Å². The van der Waals surface area contributed by atoms with Crippen LogP contribution < -0.4 is 14.8 Å². The highest BCUT2D eigenvalue weighted by atomic mass is 32.3. The van der Waals surface area contributed by atoms with Gasteiger partial charge < -0.3 is 10.1 Å². The number of nitrogens with one attached hydrogen (secondary N) is 3. The van der Waals surface area contributed by atoms with E-state index in [0.717, 1.165) is 33.4 Å². The number of esters is 1. The van der Waals surface area contributed by atoms with E-state index < -0.39 is 38.5 Å². The third kappa shape index (κ3) is 6.92. The Morgan fingerprint density at radius 3 is 1.80 bits per heavy atom. The Labute approximate surface area is 243 Å². The standard InChI is InChI=1S/C27H21N3O7S4/c31-24(28-21-10-9-18-5-1-2-6-19(18)13-21)17-37-27(32)20-14-22(29-40(33,34)25-7-3-11-38-25)16-23(15-20)30-41(35,36)26-8-4-12-39-26/h1-16,29-30H,17H2,(H,28,31). The van der Waals surface area contributed by atoms with Crippen molar-refractivity contribution in [2.24, 2.45) is 0 Å². The molecule has 0 aliphatic carbocycles. The van der Waals surface area contributed by atoms with E-state index >= 15 is 0 Å². The summed E-state index contributed by atoms with van der Waals surface area (Å²) in [5, 5.41) is 7.75. The number of hydrogen-bond acceptors (Lipinski definition) is 9. The summed E-state index contributed by atoms with van der Waals surface area (Å²) in [4.78, 5) is 25.4. The first-order valence-corrected chi connectivity index (χ1v) is 16.6. The molecular weight excluding hydrogens is 607 g/mol. The molecule has 210 valence electrons. The molecule has 0 atom stereocenters. The second-order valence-corrected chi connectivity index (χ2v) is 14.3. The Hall–Kier alpha value is -4.24. The summed E-state index contributed by atoms with van der Waals surface area (Å²) in [6.45, 7) is -0.632. The first-order valence-electron chi connectivity index (χ1n) is 11.8. The van der Waals surface area contributed by atoms with Crippen molar-refractivity contribution in [1.29, 1.82) is 0 Å². The molecule has 5 rings (SSSR count). The van der Waals surface area contributed by atoms with Gasteiger partial charge in [-0.05, 0) is 64.0 Å². The number of thiophene rings is 2. The van der Waals surface area contributed by atoms with Crippen molar-refractivity contribution < 1.29 is 31.2 Å². The van der Waals surface area contributed by atoms with Crippen LogP contribution in [0, 0.1) is 0 Å². The second-order valence-electron chi connectivity index (χ2n) is 8.56. The Morgan fingerprint density at radius 1 is 0.659 bits per heavy atom. The Kier molecular flexibility index (Phi) is 8.08. The van der Waals surface area contributed by atoms with Gasteiger partial charge in [-0.15, -0.1) is 22.7 Å². The van der Waals surface area contributed by atoms with Gasteiger partial charge in [0.2, 0.25) is 0 Å². The molecule has 10 nitrogen and oxygen atoms in total. The number of carbonyl (C=O) groups excluding carboxylic acids is 2. The molecule has 2 aromatic heterocycles. The van der Waals surface area contributed by atoms with E-state index in [1.165, 1.54) is 30.3 Å². The maximum absolute atomic E-state index is 12.9. The number of hydrogen-bond donors (Lipinski definition) is 3. The lowest BCUT2D eigenvalue weighted by Gasteiger charge is -2.13. The van der Waals surface area contributed by atoms with E-state index in [0.29, 0.717) is 5.69 Å². The fraction of sp³-hybridized carbons (Fsp3) is 0.0370. The molecule has 14 heteroatoms. The smallest absolute Gasteiger partial charge is 0.338 e. The van der Waals surface area contributed by atoms with Crippen molar-refractivity contribution in [3.8, 4) is 0 Å². The third-order valence-corrected chi connectivity index (χ3v) is 11.1. The van der Waals surface area contributed by atoms with E-state index in [4.69, 9.17) is 4.74 Å². The molecule has 3 N–H and O–H groups in total. The molecule has 0 saturated heterocycles. The van der Waals surface area contributed by atoms with Crippen LogP contribution in [0.25, 0.3) is 10.8 Å². The minimum absolute atomic E-state index is 0.0246. The van der Waals surface area contributed by atoms with Crippen LogP contribution in [0.1, 0.15) is 10.4 Å². The molecule has 0 fully saturated rings. The molecule has 1 amide bonds. The fourth-order valence-corrected chi connectivity index (χ4v) is 7.85. The van der Waals surface area contributed by atoms with E-state index in [1.807, 2.05) is 30.3 Å². The molecule has 2 heterocycles. The van der Waals surface area contributed by atoms with Crippen LogP contribution >= 0.6 is 22.7 Å². The molecular formula is C27H21N3O7S4. The van der Waals surface area contributed by atoms with Gasteiger partial charge in [-0.25, -0.2) is 21.6 Å². The Bertz CT molecular complexity index is 1850. The average Bonchev–Trinajstić information content (AvgIpc) is 3.67. The number of anilines is 3. The van der Waals surface area contributed by atoms with E-state index in [1.54, 1.807) is 35.0 Å². The van der Waals surface area contributed by atoms with Gasteiger partial charge in [-0.2, -0.15) is 0 Å². The number of benzene rings is 3. The van der Waals surface area contributed by atoms with E-state index in [2.05, 4.69) is 14.8 Å². The SMILES string of the molecule is O=C(COC(=O)c1cc(NS(=O)(=O)c2cccs2)cc(NS(=O)(=O)c2cccs2)c1)Nc1ccc2ccccc2c1. The molecule has 0 aliphatic heterocycles. The zero-order valence-corrected chi connectivity index (χ0v) is 24.2. The Balaban J connectivity index is 1.35. The van der Waals surface area contributed by atoms with Crippen molar-refractivity contribution in [1.82, 2.24) is 0 Å². The van der Waals surface area contributed by atoms with Crippen molar-refractivity contribution in [3.63, 3.8) is 0 Å². The average molecular weight is 628 g/mol. The van der Waals surface area contributed by atoms with Crippen molar-refractivity contribution in [2.75, 3.05) is 21.4 Å². The zero-order valence-electron chi connectivity index (χ0n) is 20.9. The summed E-state index contributed by atoms with van der Waals surface area (Å²) in [5.74, 6) is -1.56. The predicted octanol–water partition coefficient (Wildman–Crippen LogP) is 5.36. The van der Waals surface area contributed by atoms with Gasteiger partial charge in [-0.3, -0.25) is 14.2 Å². The summed E-state index contributed by atoms with van der Waals surface area (Å²) in [7, 11) is -8.03. The van der Waals surface area contributed by atoms with Gasteiger partial charge in [0.1, 0.15) is 8.42 Å². The van der Waals surface area contributed by atoms with Crippen LogP contribution in [0.5, 0.6) is 0 Å². The van der Waals surface area contributed by atoms with Gasteiger partial charge in [0, 0.05) is 5.69 Å². The van der Waals surface area contributed by atoms with Crippen LogP contribution in [0.4, 0.5) is 17.1 Å². The summed E-state index contributed by atoms with van der Waals surface area (Å²) >= 11 is 1.98. The molecule has 3 aromatic carbocycles. The van der Waals surface area contributed by atoms with Crippen molar-refractivity contribution >= 4 is 82.4 Å². The maximum Gasteiger partial charge on any atom is 0.338 e. The van der Waals surface area contributed by atoms with E-state index in [-0.39, 0.29) is 25.4 Å². The zero-order chi connectivity index (χ0) is 29.0. The summed E-state index contributed by atoms with van der Waals surface area (Å²) in [5.41, 5.74) is 0.161. The van der Waals surface area contributed by atoms with Crippen LogP contribution in [-0.2, 0) is 29.6 Å². The minimum Gasteiger partial charge on any atom is -0.452 e. The summed E-state index contributed by atoms with van der Waals surface area (Å²) < 4.78 is 61.1. The van der Waals surface area contributed by atoms with Gasteiger partial charge in [0.05, 0.1) is 16.9 Å². The largest absolute Gasteiger partial charge is 0.452 e. The Morgan fingerprint density at radius 2 is 1.24 bits per heavy atom. The van der Waals surface area contributed by atoms with Crippen LogP contribution in [0.3, 0.4) is 0 Å². The minimum atomic E-state index is -4.02. The molecule has 0 unspecified atom stereocenters. The number of carbonyl (C=O) groups is 2. The first kappa shape index (κ1) is 28.3. The molecule has 0 bridgehead atoms. The van der Waals surface area contributed by atoms with Crippen molar-refractivity contribution in [3.05, 3.63) is 101 Å². The highest BCUT2D eigenvalue weighted by Crippen LogP contribution is 2.27. The monoisotopic (exact) mass is 627 g/mol. The molecule has 0 aliphatic rings. The highest BCUT2D eigenvalue weighted by Gasteiger charge is 2.21. The summed E-state index contributed by atoms with van der Waals surface area (Å²) in [6.07, 6.45) is 0.